The van der Waals surface area contributed by atoms with Gasteiger partial charge in [-0.2, -0.15) is 5.10 Å². The number of carbonyl (C=O) groups excluding carboxylic acids is 2. The number of hydrogen-bond acceptors (Lipinski definition) is 4. The molecule has 2 saturated heterocycles. The summed E-state index contributed by atoms with van der Waals surface area (Å²) in [5.74, 6) is 0.129. The molecule has 3 rings (SSSR count). The summed E-state index contributed by atoms with van der Waals surface area (Å²) in [5, 5.41) is 13.4. The van der Waals surface area contributed by atoms with Crippen molar-refractivity contribution in [1.82, 2.24) is 30.6 Å². The second-order valence-electron chi connectivity index (χ2n) is 6.59. The van der Waals surface area contributed by atoms with Crippen LogP contribution in [0.5, 0.6) is 0 Å². The van der Waals surface area contributed by atoms with Gasteiger partial charge in [-0.3, -0.25) is 9.48 Å². The second kappa shape index (κ2) is 8.53. The Morgan fingerprint density at radius 3 is 2.88 bits per heavy atom. The van der Waals surface area contributed by atoms with E-state index in [2.05, 4.69) is 21.0 Å². The van der Waals surface area contributed by atoms with Crippen LogP contribution in [-0.4, -0.2) is 65.4 Å². The van der Waals surface area contributed by atoms with Gasteiger partial charge in [0.1, 0.15) is 0 Å². The third-order valence-electron chi connectivity index (χ3n) is 4.85. The SMILES string of the molecule is CCNC(=O)N1CCC(NC(=O)[C@H]2CNC[C@@H]2c2cnn(C)c2)C1.Cl. The molecule has 3 amide bonds. The molecule has 3 heterocycles. The predicted molar refractivity (Wildman–Crippen MR) is 96.8 cm³/mol. The van der Waals surface area contributed by atoms with Crippen LogP contribution in [0.15, 0.2) is 12.4 Å². The zero-order valence-corrected chi connectivity index (χ0v) is 15.5. The zero-order chi connectivity index (χ0) is 17.1. The van der Waals surface area contributed by atoms with Crippen molar-refractivity contribution in [2.24, 2.45) is 13.0 Å². The summed E-state index contributed by atoms with van der Waals surface area (Å²) < 4.78 is 1.77. The Kier molecular flexibility index (Phi) is 6.66. The maximum atomic E-state index is 12.7. The van der Waals surface area contributed by atoms with Crippen molar-refractivity contribution in [1.29, 1.82) is 0 Å². The maximum Gasteiger partial charge on any atom is 0.317 e. The Morgan fingerprint density at radius 2 is 2.20 bits per heavy atom. The summed E-state index contributed by atoms with van der Waals surface area (Å²) in [6, 6.07) is -0.0136. The minimum absolute atomic E-state index is 0. The van der Waals surface area contributed by atoms with Gasteiger partial charge in [0, 0.05) is 57.9 Å². The number of likely N-dealkylation sites (tertiary alicyclic amines) is 1. The van der Waals surface area contributed by atoms with E-state index in [0.717, 1.165) is 18.5 Å². The molecule has 9 heteroatoms. The van der Waals surface area contributed by atoms with E-state index in [-0.39, 0.29) is 42.2 Å². The molecule has 140 valence electrons. The summed E-state index contributed by atoms with van der Waals surface area (Å²) >= 11 is 0. The third kappa shape index (κ3) is 4.43. The van der Waals surface area contributed by atoms with Gasteiger partial charge in [0.25, 0.3) is 0 Å². The molecule has 3 atom stereocenters. The molecule has 0 aromatic carbocycles. The second-order valence-corrected chi connectivity index (χ2v) is 6.59. The molecule has 0 aliphatic carbocycles. The molecule has 8 nitrogen and oxygen atoms in total. The first-order valence-corrected chi connectivity index (χ1v) is 8.61. The van der Waals surface area contributed by atoms with E-state index in [1.54, 1.807) is 9.58 Å². The predicted octanol–water partition coefficient (Wildman–Crippen LogP) is 0.0649. The highest BCUT2D eigenvalue weighted by atomic mass is 35.5. The van der Waals surface area contributed by atoms with E-state index in [9.17, 15) is 9.59 Å². The maximum absolute atomic E-state index is 12.7. The molecular weight excluding hydrogens is 344 g/mol. The average Bonchev–Trinajstić information content (AvgIpc) is 3.26. The molecule has 2 fully saturated rings. The van der Waals surface area contributed by atoms with E-state index < -0.39 is 0 Å². The van der Waals surface area contributed by atoms with E-state index in [0.29, 0.717) is 26.2 Å². The van der Waals surface area contributed by atoms with Gasteiger partial charge >= 0.3 is 6.03 Å². The van der Waals surface area contributed by atoms with Crippen molar-refractivity contribution in [3.63, 3.8) is 0 Å². The monoisotopic (exact) mass is 370 g/mol. The number of amides is 3. The van der Waals surface area contributed by atoms with Gasteiger partial charge < -0.3 is 20.9 Å². The van der Waals surface area contributed by atoms with Gasteiger partial charge in [-0.25, -0.2) is 4.79 Å². The first kappa shape index (κ1) is 19.5. The highest BCUT2D eigenvalue weighted by Crippen LogP contribution is 2.28. The fourth-order valence-corrected chi connectivity index (χ4v) is 3.57. The number of aryl methyl sites for hydroxylation is 1. The quantitative estimate of drug-likeness (QED) is 0.699. The van der Waals surface area contributed by atoms with Gasteiger partial charge in [-0.1, -0.05) is 0 Å². The summed E-state index contributed by atoms with van der Waals surface area (Å²) in [5.41, 5.74) is 1.10. The van der Waals surface area contributed by atoms with Gasteiger partial charge in [0.05, 0.1) is 12.1 Å². The highest BCUT2D eigenvalue weighted by molar-refractivity contribution is 5.85. The largest absolute Gasteiger partial charge is 0.351 e. The molecule has 1 aromatic rings. The smallest absolute Gasteiger partial charge is 0.317 e. The number of hydrogen-bond donors (Lipinski definition) is 3. The van der Waals surface area contributed by atoms with Crippen LogP contribution in [0.25, 0.3) is 0 Å². The van der Waals surface area contributed by atoms with Crippen molar-refractivity contribution in [3.05, 3.63) is 18.0 Å². The van der Waals surface area contributed by atoms with E-state index in [1.807, 2.05) is 26.4 Å². The summed E-state index contributed by atoms with van der Waals surface area (Å²) in [7, 11) is 1.88. The molecule has 0 saturated carbocycles. The Bertz CT molecular complexity index is 607. The lowest BCUT2D eigenvalue weighted by atomic mass is 9.90. The van der Waals surface area contributed by atoms with Crippen LogP contribution in [0.1, 0.15) is 24.8 Å². The van der Waals surface area contributed by atoms with Gasteiger partial charge in [-0.15, -0.1) is 12.4 Å². The minimum Gasteiger partial charge on any atom is -0.351 e. The first-order valence-electron chi connectivity index (χ1n) is 8.61. The molecule has 0 bridgehead atoms. The molecule has 0 spiro atoms. The van der Waals surface area contributed by atoms with Crippen molar-refractivity contribution >= 4 is 24.3 Å². The fourth-order valence-electron chi connectivity index (χ4n) is 3.57. The lowest BCUT2D eigenvalue weighted by molar-refractivity contribution is -0.125. The number of carbonyl (C=O) groups is 2. The van der Waals surface area contributed by atoms with Crippen LogP contribution in [0.3, 0.4) is 0 Å². The molecule has 3 N–H and O–H groups in total. The van der Waals surface area contributed by atoms with Crippen molar-refractivity contribution in [2.45, 2.75) is 25.3 Å². The molecule has 2 aliphatic rings. The van der Waals surface area contributed by atoms with Crippen molar-refractivity contribution < 1.29 is 9.59 Å². The average molecular weight is 371 g/mol. The number of nitrogens with zero attached hydrogens (tertiary/aromatic N) is 3. The summed E-state index contributed by atoms with van der Waals surface area (Å²) in [4.78, 5) is 26.3. The van der Waals surface area contributed by atoms with Crippen LogP contribution in [0.4, 0.5) is 4.79 Å². The molecule has 2 aliphatic heterocycles. The standard InChI is InChI=1S/C16H26N6O2.ClH/c1-3-18-16(24)22-5-4-12(10-22)20-15(23)14-8-17-7-13(14)11-6-19-21(2)9-11;/h6,9,12-14,17H,3-5,7-8,10H2,1-2H3,(H,18,24)(H,20,23);1H/t12?,13-,14+;/m1./s1. The van der Waals surface area contributed by atoms with Crippen LogP contribution in [-0.2, 0) is 11.8 Å². The Morgan fingerprint density at radius 1 is 1.40 bits per heavy atom. The van der Waals surface area contributed by atoms with Crippen LogP contribution in [0, 0.1) is 5.92 Å². The molecule has 0 radical (unpaired) electrons. The fraction of sp³-hybridized carbons (Fsp3) is 0.688. The van der Waals surface area contributed by atoms with Crippen LogP contribution < -0.4 is 16.0 Å². The van der Waals surface area contributed by atoms with E-state index >= 15 is 0 Å². The topological polar surface area (TPSA) is 91.3 Å². The lowest BCUT2D eigenvalue weighted by Gasteiger charge is -2.21. The first-order chi connectivity index (χ1) is 11.6. The molecular formula is C16H27ClN6O2. The molecule has 1 unspecified atom stereocenters. The third-order valence-corrected chi connectivity index (χ3v) is 4.85. The highest BCUT2D eigenvalue weighted by Gasteiger charge is 2.36. The van der Waals surface area contributed by atoms with E-state index in [4.69, 9.17) is 0 Å². The van der Waals surface area contributed by atoms with E-state index in [1.165, 1.54) is 0 Å². The Hall–Kier alpha value is -1.80. The Balaban J connectivity index is 0.00000225. The number of nitrogens with one attached hydrogen (secondary N) is 3. The van der Waals surface area contributed by atoms with Gasteiger partial charge in [-0.05, 0) is 18.9 Å². The van der Waals surface area contributed by atoms with Crippen LogP contribution in [0.2, 0.25) is 0 Å². The number of urea groups is 1. The van der Waals surface area contributed by atoms with Gasteiger partial charge in [0.2, 0.25) is 5.91 Å². The number of rotatable bonds is 4. The minimum atomic E-state index is -0.0901. The summed E-state index contributed by atoms with van der Waals surface area (Å²) in [6.45, 7) is 5.25. The Labute approximate surface area is 154 Å². The number of aromatic nitrogens is 2. The molecule has 1 aromatic heterocycles. The lowest BCUT2D eigenvalue weighted by Crippen LogP contribution is -2.44. The summed E-state index contributed by atoms with van der Waals surface area (Å²) in [6.07, 6.45) is 4.62. The normalized spacial score (nSPS) is 25.5. The zero-order valence-electron chi connectivity index (χ0n) is 14.7. The van der Waals surface area contributed by atoms with Crippen LogP contribution >= 0.6 is 12.4 Å². The van der Waals surface area contributed by atoms with Crippen molar-refractivity contribution in [3.8, 4) is 0 Å². The number of halogens is 1. The van der Waals surface area contributed by atoms with Crippen molar-refractivity contribution in [2.75, 3.05) is 32.7 Å². The van der Waals surface area contributed by atoms with Gasteiger partial charge in [0.15, 0.2) is 0 Å². The molecule has 25 heavy (non-hydrogen) atoms.